The molecule has 0 radical (unpaired) electrons. The monoisotopic (exact) mass is 337 g/mol. The molecule has 2 N–H and O–H groups in total. The van der Waals surface area contributed by atoms with Gasteiger partial charge in [-0.3, -0.25) is 0 Å². The number of hydrogen-bond acceptors (Lipinski definition) is 2. The van der Waals surface area contributed by atoms with E-state index in [0.717, 1.165) is 10.0 Å². The van der Waals surface area contributed by atoms with Crippen molar-refractivity contribution in [2.75, 3.05) is 0 Å². The molecular weight excluding hydrogens is 325 g/mol. The molecular formula is C15H13BrFNO2. The lowest BCUT2D eigenvalue weighted by atomic mass is 10.1. The van der Waals surface area contributed by atoms with Crippen LogP contribution in [0.4, 0.5) is 4.39 Å². The van der Waals surface area contributed by atoms with Gasteiger partial charge in [-0.15, -0.1) is 0 Å². The Balaban J connectivity index is 1.92. The second-order valence-corrected chi connectivity index (χ2v) is 5.27. The van der Waals surface area contributed by atoms with Crippen LogP contribution in [-0.4, -0.2) is 11.1 Å². The van der Waals surface area contributed by atoms with Crippen LogP contribution in [-0.2, 0) is 13.1 Å². The number of carbonyl (C=O) groups is 1. The summed E-state index contributed by atoms with van der Waals surface area (Å²) in [6.45, 7) is 1.14. The van der Waals surface area contributed by atoms with Crippen molar-refractivity contribution in [1.29, 1.82) is 0 Å². The van der Waals surface area contributed by atoms with E-state index in [2.05, 4.69) is 21.2 Å². The smallest absolute Gasteiger partial charge is 0.338 e. The third kappa shape index (κ3) is 3.88. The maximum atomic E-state index is 13.5. The minimum atomic E-state index is -1.25. The lowest BCUT2D eigenvalue weighted by Gasteiger charge is -2.06. The molecule has 0 aliphatic rings. The first-order valence-electron chi connectivity index (χ1n) is 6.03. The molecule has 0 spiro atoms. The van der Waals surface area contributed by atoms with Crippen LogP contribution < -0.4 is 5.32 Å². The van der Waals surface area contributed by atoms with Crippen molar-refractivity contribution >= 4 is 21.9 Å². The van der Waals surface area contributed by atoms with Gasteiger partial charge in [0, 0.05) is 17.6 Å². The highest BCUT2D eigenvalue weighted by Gasteiger charge is 2.09. The van der Waals surface area contributed by atoms with E-state index < -0.39 is 11.8 Å². The van der Waals surface area contributed by atoms with E-state index in [-0.39, 0.29) is 5.56 Å². The highest BCUT2D eigenvalue weighted by Crippen LogP contribution is 2.12. The van der Waals surface area contributed by atoms with Crippen molar-refractivity contribution in [3.63, 3.8) is 0 Å². The molecule has 0 saturated carbocycles. The predicted molar refractivity (Wildman–Crippen MR) is 78.0 cm³/mol. The predicted octanol–water partition coefficient (Wildman–Crippen LogP) is 3.58. The van der Waals surface area contributed by atoms with Crippen LogP contribution in [0.15, 0.2) is 46.9 Å². The third-order valence-corrected chi connectivity index (χ3v) is 3.36. The topological polar surface area (TPSA) is 49.3 Å². The Kier molecular flexibility index (Phi) is 4.87. The van der Waals surface area contributed by atoms with Gasteiger partial charge in [0.15, 0.2) is 0 Å². The summed E-state index contributed by atoms with van der Waals surface area (Å²) in [6, 6.07) is 12.0. The van der Waals surface area contributed by atoms with E-state index in [1.54, 1.807) is 6.07 Å². The maximum absolute atomic E-state index is 13.5. The van der Waals surface area contributed by atoms with Crippen LogP contribution in [0, 0.1) is 5.82 Å². The van der Waals surface area contributed by atoms with Crippen molar-refractivity contribution in [2.24, 2.45) is 0 Å². The van der Waals surface area contributed by atoms with Crippen LogP contribution in [0.25, 0.3) is 0 Å². The summed E-state index contributed by atoms with van der Waals surface area (Å²) in [6.07, 6.45) is 0. The molecule has 2 rings (SSSR count). The van der Waals surface area contributed by atoms with Crippen LogP contribution in [0.2, 0.25) is 0 Å². The Hall–Kier alpha value is -1.72. The van der Waals surface area contributed by atoms with E-state index >= 15 is 0 Å². The molecule has 0 saturated heterocycles. The van der Waals surface area contributed by atoms with E-state index in [9.17, 15) is 9.18 Å². The highest BCUT2D eigenvalue weighted by molar-refractivity contribution is 9.10. The fourth-order valence-electron chi connectivity index (χ4n) is 1.80. The van der Waals surface area contributed by atoms with Gasteiger partial charge in [0.1, 0.15) is 5.82 Å². The molecule has 0 heterocycles. The largest absolute Gasteiger partial charge is 0.478 e. The van der Waals surface area contributed by atoms with Gasteiger partial charge in [0.2, 0.25) is 0 Å². The molecule has 2 aromatic carbocycles. The molecule has 0 bridgehead atoms. The quantitative estimate of drug-likeness (QED) is 0.876. The number of benzene rings is 2. The van der Waals surface area contributed by atoms with Crippen molar-refractivity contribution in [2.45, 2.75) is 13.1 Å². The van der Waals surface area contributed by atoms with Gasteiger partial charge >= 0.3 is 5.97 Å². The average Bonchev–Trinajstić information content (AvgIpc) is 2.41. The summed E-state index contributed by atoms with van der Waals surface area (Å²) in [5.74, 6) is -1.96. The van der Waals surface area contributed by atoms with Gasteiger partial charge in [0.05, 0.1) is 5.56 Å². The van der Waals surface area contributed by atoms with Crippen molar-refractivity contribution in [3.05, 3.63) is 69.4 Å². The molecule has 20 heavy (non-hydrogen) atoms. The van der Waals surface area contributed by atoms with Crippen molar-refractivity contribution in [1.82, 2.24) is 5.32 Å². The molecule has 0 atom stereocenters. The standard InChI is InChI=1S/C15H13BrFNO2/c16-12-4-1-10(2-5-12)8-18-9-11-3-6-13(15(19)20)14(17)7-11/h1-7,18H,8-9H2,(H,19,20). The molecule has 3 nitrogen and oxygen atoms in total. The van der Waals surface area contributed by atoms with E-state index in [1.165, 1.54) is 12.1 Å². The summed E-state index contributed by atoms with van der Waals surface area (Å²) in [7, 11) is 0. The van der Waals surface area contributed by atoms with Crippen molar-refractivity contribution in [3.8, 4) is 0 Å². The number of nitrogens with one attached hydrogen (secondary N) is 1. The molecule has 0 aromatic heterocycles. The van der Waals surface area contributed by atoms with E-state index in [4.69, 9.17) is 5.11 Å². The second kappa shape index (κ2) is 6.63. The second-order valence-electron chi connectivity index (χ2n) is 4.35. The first-order valence-corrected chi connectivity index (χ1v) is 6.82. The third-order valence-electron chi connectivity index (χ3n) is 2.84. The number of rotatable bonds is 5. The summed E-state index contributed by atoms with van der Waals surface area (Å²) in [5.41, 5.74) is 1.53. The zero-order valence-corrected chi connectivity index (χ0v) is 12.2. The number of carboxylic acid groups (broad SMARTS) is 1. The normalized spacial score (nSPS) is 10.5. The fraction of sp³-hybridized carbons (Fsp3) is 0.133. The average molecular weight is 338 g/mol. The molecule has 104 valence electrons. The van der Waals surface area contributed by atoms with Gasteiger partial charge in [0.25, 0.3) is 0 Å². The molecule has 0 aliphatic heterocycles. The molecule has 0 fully saturated rings. The maximum Gasteiger partial charge on any atom is 0.338 e. The molecule has 0 aliphatic carbocycles. The van der Waals surface area contributed by atoms with E-state index in [0.29, 0.717) is 18.7 Å². The summed E-state index contributed by atoms with van der Waals surface area (Å²) in [4.78, 5) is 10.7. The van der Waals surface area contributed by atoms with Gasteiger partial charge in [-0.2, -0.15) is 0 Å². The zero-order chi connectivity index (χ0) is 14.5. The number of aromatic carboxylic acids is 1. The van der Waals surface area contributed by atoms with Gasteiger partial charge in [-0.1, -0.05) is 34.1 Å². The molecule has 5 heteroatoms. The Morgan fingerprint density at radius 2 is 1.70 bits per heavy atom. The fourth-order valence-corrected chi connectivity index (χ4v) is 2.06. The minimum Gasteiger partial charge on any atom is -0.478 e. The van der Waals surface area contributed by atoms with Gasteiger partial charge < -0.3 is 10.4 Å². The highest BCUT2D eigenvalue weighted by atomic mass is 79.9. The number of hydrogen-bond donors (Lipinski definition) is 2. The molecule has 2 aromatic rings. The first kappa shape index (κ1) is 14.7. The minimum absolute atomic E-state index is 0.304. The Morgan fingerprint density at radius 3 is 2.30 bits per heavy atom. The number of halogens is 2. The van der Waals surface area contributed by atoms with Crippen LogP contribution in [0.1, 0.15) is 21.5 Å². The van der Waals surface area contributed by atoms with Gasteiger partial charge in [-0.05, 0) is 35.4 Å². The summed E-state index contributed by atoms with van der Waals surface area (Å²) in [5, 5.41) is 11.9. The lowest BCUT2D eigenvalue weighted by Crippen LogP contribution is -2.13. The van der Waals surface area contributed by atoms with Crippen LogP contribution >= 0.6 is 15.9 Å². The summed E-state index contributed by atoms with van der Waals surface area (Å²) < 4.78 is 14.5. The number of carboxylic acids is 1. The van der Waals surface area contributed by atoms with Crippen LogP contribution in [0.5, 0.6) is 0 Å². The Bertz CT molecular complexity index is 614. The Morgan fingerprint density at radius 1 is 1.10 bits per heavy atom. The molecule has 0 unspecified atom stereocenters. The van der Waals surface area contributed by atoms with Crippen molar-refractivity contribution < 1.29 is 14.3 Å². The first-order chi connectivity index (χ1) is 9.56. The Labute approximate surface area is 124 Å². The zero-order valence-electron chi connectivity index (χ0n) is 10.6. The summed E-state index contributed by atoms with van der Waals surface area (Å²) >= 11 is 3.37. The van der Waals surface area contributed by atoms with Gasteiger partial charge in [-0.25, -0.2) is 9.18 Å². The molecule has 0 amide bonds. The SMILES string of the molecule is O=C(O)c1ccc(CNCc2ccc(Br)cc2)cc1F. The van der Waals surface area contributed by atoms with Crippen LogP contribution in [0.3, 0.4) is 0 Å². The van der Waals surface area contributed by atoms with E-state index in [1.807, 2.05) is 24.3 Å². The lowest BCUT2D eigenvalue weighted by molar-refractivity contribution is 0.0692.